The third kappa shape index (κ3) is 9.24. The predicted octanol–water partition coefficient (Wildman–Crippen LogP) is 3.55. The monoisotopic (exact) mass is 606 g/mol. The van der Waals surface area contributed by atoms with Crippen molar-refractivity contribution < 1.29 is 49.0 Å². The maximum absolute atomic E-state index is 3.48. The number of benzene rings is 3. The van der Waals surface area contributed by atoms with E-state index in [0.29, 0.717) is 11.3 Å². The van der Waals surface area contributed by atoms with E-state index in [1.165, 1.54) is 71.3 Å². The fraction of sp³-hybridized carbons (Fsp3) is 0.294. The molecule has 0 saturated carbocycles. The molecule has 0 aromatic heterocycles. The van der Waals surface area contributed by atoms with E-state index < -0.39 is 0 Å². The topological polar surface area (TPSA) is 0 Å². The number of aryl methyl sites for hydroxylation is 1. The van der Waals surface area contributed by atoms with Gasteiger partial charge in [-0.1, -0.05) is 88.8 Å². The number of halogens is 2. The molecular formula is C34H38Cl2Zr-2. The van der Waals surface area contributed by atoms with E-state index in [2.05, 4.69) is 139 Å². The Morgan fingerprint density at radius 1 is 0.865 bits per heavy atom. The standard InChI is InChI=1S/C13H9.C12H19.C9H10.2ClH.Zr/c1-3-7-12-10(5-1)9-11-6-2-4-8-13(11)12;1-6-10-7-9(2)8-11(10)12(3,4)5;1-3-9-6-4-8(2)5-7-9;;;/h1-9H;8-9H,6H2,1-5H3;4-7H,1-2H3;2*1H;/q2*-1;;;;+2/p-2. The molecule has 194 valence electrons. The van der Waals surface area contributed by atoms with Crippen LogP contribution in [-0.4, -0.2) is 3.21 Å². The molecule has 0 amide bonds. The van der Waals surface area contributed by atoms with E-state index in [-0.39, 0.29) is 24.8 Å². The second kappa shape index (κ2) is 15.1. The van der Waals surface area contributed by atoms with Gasteiger partial charge in [-0.3, -0.25) is 6.08 Å². The van der Waals surface area contributed by atoms with Crippen LogP contribution in [0.2, 0.25) is 0 Å². The molecule has 0 bridgehead atoms. The minimum absolute atomic E-state index is 0. The molecule has 0 spiro atoms. The summed E-state index contributed by atoms with van der Waals surface area (Å²) in [6.07, 6.45) is 6.95. The van der Waals surface area contributed by atoms with Gasteiger partial charge in [0.2, 0.25) is 0 Å². The summed E-state index contributed by atoms with van der Waals surface area (Å²) in [6.45, 7) is 15.5. The quantitative estimate of drug-likeness (QED) is 0.306. The fourth-order valence-corrected chi connectivity index (χ4v) is 4.86. The summed E-state index contributed by atoms with van der Waals surface area (Å²) in [6, 6.07) is 27.9. The van der Waals surface area contributed by atoms with Crippen LogP contribution in [0.4, 0.5) is 0 Å². The number of rotatable bonds is 2. The first-order valence-electron chi connectivity index (χ1n) is 12.6. The molecule has 37 heavy (non-hydrogen) atoms. The van der Waals surface area contributed by atoms with E-state index in [0.717, 1.165) is 6.42 Å². The van der Waals surface area contributed by atoms with Gasteiger partial charge in [-0.2, -0.15) is 11.6 Å². The average Bonchev–Trinajstić information content (AvgIpc) is 3.40. The minimum Gasteiger partial charge on any atom is -1.00 e. The summed E-state index contributed by atoms with van der Waals surface area (Å²) in [5.74, 6) is 0.522. The number of allylic oxidation sites excluding steroid dienone is 4. The Morgan fingerprint density at radius 2 is 1.35 bits per heavy atom. The summed E-state index contributed by atoms with van der Waals surface area (Å²) >= 11 is 1.51. The number of hydrogen-bond donors (Lipinski definition) is 0. The molecule has 0 nitrogen and oxygen atoms in total. The molecule has 4 aromatic carbocycles. The summed E-state index contributed by atoms with van der Waals surface area (Å²) in [5, 5.41) is 5.39. The molecule has 0 N–H and O–H groups in total. The van der Waals surface area contributed by atoms with Crippen LogP contribution in [0.15, 0.2) is 96.1 Å². The zero-order valence-corrected chi connectivity index (χ0v) is 27.1. The van der Waals surface area contributed by atoms with Crippen molar-refractivity contribution in [2.45, 2.75) is 54.9 Å². The fourth-order valence-electron chi connectivity index (χ4n) is 4.45. The molecule has 1 aliphatic rings. The van der Waals surface area contributed by atoms with Crippen molar-refractivity contribution in [2.75, 3.05) is 0 Å². The van der Waals surface area contributed by atoms with Crippen molar-refractivity contribution in [3.05, 3.63) is 113 Å². The number of fused-ring (bicyclic) bond motifs is 3. The molecular weight excluding hydrogens is 571 g/mol. The van der Waals surface area contributed by atoms with Crippen LogP contribution >= 0.6 is 0 Å². The third-order valence-electron chi connectivity index (χ3n) is 6.31. The summed E-state index contributed by atoms with van der Waals surface area (Å²) in [5.41, 5.74) is 5.93. The molecule has 3 heteroatoms. The molecule has 5 rings (SSSR count). The van der Waals surface area contributed by atoms with Crippen molar-refractivity contribution >= 4 is 24.8 Å². The van der Waals surface area contributed by atoms with Crippen LogP contribution in [0.3, 0.4) is 0 Å². The van der Waals surface area contributed by atoms with Crippen LogP contribution in [0.1, 0.15) is 59.1 Å². The summed E-state index contributed by atoms with van der Waals surface area (Å²) in [4.78, 5) is 0. The Kier molecular flexibility index (Phi) is 13.6. The van der Waals surface area contributed by atoms with E-state index >= 15 is 0 Å². The number of hydrogen-bond acceptors (Lipinski definition) is 0. The van der Waals surface area contributed by atoms with Crippen LogP contribution < -0.4 is 24.8 Å². The van der Waals surface area contributed by atoms with Crippen molar-refractivity contribution in [1.29, 1.82) is 0 Å². The maximum atomic E-state index is 3.48. The molecule has 0 radical (unpaired) electrons. The van der Waals surface area contributed by atoms with E-state index in [1.54, 1.807) is 0 Å². The molecule has 0 aliphatic heterocycles. The third-order valence-corrected chi connectivity index (χ3v) is 7.02. The second-order valence-electron chi connectivity index (χ2n) is 10.4. The Bertz CT molecular complexity index is 1300. The Hall–Kier alpha value is -1.66. The van der Waals surface area contributed by atoms with Crippen molar-refractivity contribution in [3.63, 3.8) is 0 Å². The molecule has 1 atom stereocenters. The Labute approximate surface area is 251 Å². The predicted molar refractivity (Wildman–Crippen MR) is 152 cm³/mol. The first-order valence-corrected chi connectivity index (χ1v) is 13.8. The molecule has 4 aromatic rings. The maximum Gasteiger partial charge on any atom is -0.0771 e. The normalized spacial score (nSPS) is 14.2. The van der Waals surface area contributed by atoms with Crippen LogP contribution in [0.25, 0.3) is 21.5 Å². The van der Waals surface area contributed by atoms with Crippen LogP contribution in [0, 0.1) is 24.3 Å². The molecule has 1 aliphatic carbocycles. The molecule has 0 fully saturated rings. The van der Waals surface area contributed by atoms with Gasteiger partial charge in [0.15, 0.2) is 0 Å². The van der Waals surface area contributed by atoms with Crippen molar-refractivity contribution in [1.82, 2.24) is 0 Å². The first-order chi connectivity index (χ1) is 16.6. The average molecular weight is 609 g/mol. The van der Waals surface area contributed by atoms with Crippen LogP contribution in [-0.2, 0) is 24.2 Å². The van der Waals surface area contributed by atoms with Crippen molar-refractivity contribution in [3.8, 4) is 0 Å². The van der Waals surface area contributed by atoms with Gasteiger partial charge in [0.1, 0.15) is 0 Å². The molecule has 0 saturated heterocycles. The Morgan fingerprint density at radius 3 is 1.76 bits per heavy atom. The van der Waals surface area contributed by atoms with E-state index in [1.807, 2.05) is 0 Å². The van der Waals surface area contributed by atoms with Gasteiger partial charge in [0, 0.05) is 0 Å². The van der Waals surface area contributed by atoms with Gasteiger partial charge in [-0.05, 0) is 0 Å². The Balaban J connectivity index is 0.000000273. The zero-order valence-electron chi connectivity index (χ0n) is 23.1. The smallest absolute Gasteiger partial charge is 0.0771 e. The van der Waals surface area contributed by atoms with Gasteiger partial charge in [0.05, 0.1) is 0 Å². The molecule has 1 unspecified atom stereocenters. The van der Waals surface area contributed by atoms with Gasteiger partial charge < -0.3 is 24.8 Å². The van der Waals surface area contributed by atoms with Gasteiger partial charge in [-0.25, -0.2) is 5.57 Å². The molecule has 0 heterocycles. The van der Waals surface area contributed by atoms with Crippen LogP contribution in [0.5, 0.6) is 0 Å². The van der Waals surface area contributed by atoms with Gasteiger partial charge >= 0.3 is 76.7 Å². The van der Waals surface area contributed by atoms with E-state index in [4.69, 9.17) is 0 Å². The SMILES string of the molecule is CCC1=[C-]C(C)C=C1C(C)(C)C.C[C](=[Zr+2])c1ccc(C)cc1.[Cl-].[Cl-].c1ccc2c(c1)[cH-]c1ccccc12. The summed E-state index contributed by atoms with van der Waals surface area (Å²) < 4.78 is 1.46. The first kappa shape index (κ1) is 33.4. The zero-order chi connectivity index (χ0) is 25.6. The van der Waals surface area contributed by atoms with Gasteiger partial charge in [-0.15, -0.1) is 39.7 Å². The van der Waals surface area contributed by atoms with Crippen molar-refractivity contribution in [2.24, 2.45) is 11.3 Å². The summed E-state index contributed by atoms with van der Waals surface area (Å²) in [7, 11) is 0. The van der Waals surface area contributed by atoms with Gasteiger partial charge in [0.25, 0.3) is 0 Å². The van der Waals surface area contributed by atoms with E-state index in [9.17, 15) is 0 Å². The minimum atomic E-state index is 0. The largest absolute Gasteiger partial charge is 1.00 e. The second-order valence-corrected chi connectivity index (χ2v) is 12.2.